The zero-order chi connectivity index (χ0) is 8.15. The third-order valence-corrected chi connectivity index (χ3v) is 1.18. The van der Waals surface area contributed by atoms with Gasteiger partial charge in [0.25, 0.3) is 0 Å². The van der Waals surface area contributed by atoms with Crippen molar-refractivity contribution in [2.24, 2.45) is 0 Å². The molecule has 0 aromatic heterocycles. The van der Waals surface area contributed by atoms with Crippen LogP contribution in [0.3, 0.4) is 0 Å². The van der Waals surface area contributed by atoms with Gasteiger partial charge in [0.2, 0.25) is 0 Å². The zero-order valence-corrected chi connectivity index (χ0v) is 7.00. The predicted molar refractivity (Wildman–Crippen MR) is 38.7 cm³/mol. The van der Waals surface area contributed by atoms with E-state index in [0.29, 0.717) is 0 Å². The van der Waals surface area contributed by atoms with E-state index in [-0.39, 0.29) is 12.2 Å². The SMILES string of the molecule is COC(C)C(O)OC(C)C. The Morgan fingerprint density at radius 3 is 2.00 bits per heavy atom. The minimum Gasteiger partial charge on any atom is -0.376 e. The van der Waals surface area contributed by atoms with Crippen LogP contribution in [0.1, 0.15) is 20.8 Å². The fraction of sp³-hybridized carbons (Fsp3) is 1.00. The molecule has 0 saturated heterocycles. The van der Waals surface area contributed by atoms with Gasteiger partial charge in [-0.1, -0.05) is 0 Å². The molecular weight excluding hydrogens is 132 g/mol. The van der Waals surface area contributed by atoms with E-state index in [0.717, 1.165) is 0 Å². The molecular formula is C7H16O3. The maximum Gasteiger partial charge on any atom is 0.181 e. The van der Waals surface area contributed by atoms with Crippen LogP contribution in [0.5, 0.6) is 0 Å². The molecule has 2 atom stereocenters. The predicted octanol–water partition coefficient (Wildman–Crippen LogP) is 0.765. The van der Waals surface area contributed by atoms with Crippen LogP contribution in [0.25, 0.3) is 0 Å². The van der Waals surface area contributed by atoms with E-state index >= 15 is 0 Å². The second kappa shape index (κ2) is 4.66. The molecule has 0 aromatic carbocycles. The second-order valence-corrected chi connectivity index (χ2v) is 2.52. The highest BCUT2D eigenvalue weighted by Crippen LogP contribution is 2.01. The van der Waals surface area contributed by atoms with Crippen molar-refractivity contribution in [1.82, 2.24) is 0 Å². The fourth-order valence-electron chi connectivity index (χ4n) is 0.506. The molecule has 3 heteroatoms. The summed E-state index contributed by atoms with van der Waals surface area (Å²) < 4.78 is 9.87. The molecule has 10 heavy (non-hydrogen) atoms. The first-order valence-corrected chi connectivity index (χ1v) is 3.44. The van der Waals surface area contributed by atoms with Gasteiger partial charge in [0, 0.05) is 7.11 Å². The maximum atomic E-state index is 9.14. The van der Waals surface area contributed by atoms with Gasteiger partial charge in [-0.3, -0.25) is 0 Å². The number of rotatable bonds is 4. The van der Waals surface area contributed by atoms with Crippen molar-refractivity contribution in [3.05, 3.63) is 0 Å². The van der Waals surface area contributed by atoms with Crippen LogP contribution < -0.4 is 0 Å². The molecule has 0 bridgehead atoms. The van der Waals surface area contributed by atoms with E-state index in [1.54, 1.807) is 6.92 Å². The molecule has 2 unspecified atom stereocenters. The smallest absolute Gasteiger partial charge is 0.181 e. The molecule has 1 N–H and O–H groups in total. The molecule has 0 amide bonds. The van der Waals surface area contributed by atoms with Crippen molar-refractivity contribution >= 4 is 0 Å². The summed E-state index contributed by atoms with van der Waals surface area (Å²) in [6, 6.07) is 0. The minimum atomic E-state index is -0.815. The quantitative estimate of drug-likeness (QED) is 0.598. The van der Waals surface area contributed by atoms with Gasteiger partial charge in [-0.25, -0.2) is 0 Å². The highest BCUT2D eigenvalue weighted by molar-refractivity contribution is 4.52. The first kappa shape index (κ1) is 9.88. The van der Waals surface area contributed by atoms with Crippen LogP contribution in [-0.4, -0.2) is 30.7 Å². The zero-order valence-electron chi connectivity index (χ0n) is 7.00. The molecule has 62 valence electrons. The van der Waals surface area contributed by atoms with E-state index in [1.807, 2.05) is 13.8 Å². The largest absolute Gasteiger partial charge is 0.376 e. The van der Waals surface area contributed by atoms with Crippen LogP contribution in [-0.2, 0) is 9.47 Å². The van der Waals surface area contributed by atoms with Gasteiger partial charge in [-0.05, 0) is 20.8 Å². The summed E-state index contributed by atoms with van der Waals surface area (Å²) in [6.07, 6.45) is -1.04. The number of ether oxygens (including phenoxy) is 2. The summed E-state index contributed by atoms with van der Waals surface area (Å²) >= 11 is 0. The van der Waals surface area contributed by atoms with E-state index in [4.69, 9.17) is 14.6 Å². The topological polar surface area (TPSA) is 38.7 Å². The highest BCUT2D eigenvalue weighted by Gasteiger charge is 2.14. The lowest BCUT2D eigenvalue weighted by atomic mass is 10.4. The van der Waals surface area contributed by atoms with E-state index in [2.05, 4.69) is 0 Å². The Bertz CT molecular complexity index is 82.9. The molecule has 0 aliphatic heterocycles. The lowest BCUT2D eigenvalue weighted by Gasteiger charge is -2.19. The number of methoxy groups -OCH3 is 1. The van der Waals surface area contributed by atoms with Crippen molar-refractivity contribution in [3.8, 4) is 0 Å². The first-order chi connectivity index (χ1) is 4.57. The average molecular weight is 148 g/mol. The molecule has 0 spiro atoms. The van der Waals surface area contributed by atoms with Crippen LogP contribution >= 0.6 is 0 Å². The summed E-state index contributed by atoms with van der Waals surface area (Å²) in [4.78, 5) is 0. The summed E-state index contributed by atoms with van der Waals surface area (Å²) in [5, 5.41) is 9.14. The third-order valence-electron chi connectivity index (χ3n) is 1.18. The Morgan fingerprint density at radius 1 is 1.20 bits per heavy atom. The van der Waals surface area contributed by atoms with Crippen LogP contribution in [0.4, 0.5) is 0 Å². The first-order valence-electron chi connectivity index (χ1n) is 3.44. The van der Waals surface area contributed by atoms with E-state index < -0.39 is 6.29 Å². The number of aliphatic hydroxyl groups is 1. The van der Waals surface area contributed by atoms with Crippen LogP contribution in [0, 0.1) is 0 Å². The number of aliphatic hydroxyl groups excluding tert-OH is 1. The van der Waals surface area contributed by atoms with Crippen LogP contribution in [0.15, 0.2) is 0 Å². The van der Waals surface area contributed by atoms with Crippen molar-refractivity contribution in [2.45, 2.75) is 39.3 Å². The van der Waals surface area contributed by atoms with Crippen LogP contribution in [0.2, 0.25) is 0 Å². The van der Waals surface area contributed by atoms with Gasteiger partial charge in [-0.2, -0.15) is 0 Å². The Kier molecular flexibility index (Phi) is 4.60. The van der Waals surface area contributed by atoms with Gasteiger partial charge in [0.05, 0.1) is 6.10 Å². The Labute approximate surface area is 62.0 Å². The summed E-state index contributed by atoms with van der Waals surface area (Å²) in [6.45, 7) is 5.49. The lowest BCUT2D eigenvalue weighted by molar-refractivity contribution is -0.182. The fourth-order valence-corrected chi connectivity index (χ4v) is 0.506. The molecule has 0 radical (unpaired) electrons. The van der Waals surface area contributed by atoms with E-state index in [9.17, 15) is 0 Å². The Morgan fingerprint density at radius 2 is 1.70 bits per heavy atom. The van der Waals surface area contributed by atoms with E-state index in [1.165, 1.54) is 7.11 Å². The van der Waals surface area contributed by atoms with Crippen molar-refractivity contribution in [3.63, 3.8) is 0 Å². The standard InChI is InChI=1S/C7H16O3/c1-5(2)10-7(8)6(3)9-4/h5-8H,1-4H3. The third kappa shape index (κ3) is 3.82. The summed E-state index contributed by atoms with van der Waals surface area (Å²) in [5.74, 6) is 0. The van der Waals surface area contributed by atoms with Crippen molar-refractivity contribution < 1.29 is 14.6 Å². The molecule has 0 aromatic rings. The normalized spacial score (nSPS) is 17.4. The molecule has 0 saturated carbocycles. The number of hydrogen-bond donors (Lipinski definition) is 1. The minimum absolute atomic E-state index is 0.0348. The molecule has 0 fully saturated rings. The number of hydrogen-bond acceptors (Lipinski definition) is 3. The molecule has 0 rings (SSSR count). The van der Waals surface area contributed by atoms with Gasteiger partial charge >= 0.3 is 0 Å². The average Bonchev–Trinajstić information content (AvgIpc) is 1.85. The van der Waals surface area contributed by atoms with Crippen molar-refractivity contribution in [1.29, 1.82) is 0 Å². The summed E-state index contributed by atoms with van der Waals surface area (Å²) in [5.41, 5.74) is 0. The van der Waals surface area contributed by atoms with Gasteiger partial charge in [-0.15, -0.1) is 0 Å². The van der Waals surface area contributed by atoms with Crippen molar-refractivity contribution in [2.75, 3.05) is 7.11 Å². The van der Waals surface area contributed by atoms with Gasteiger partial charge in [0.1, 0.15) is 6.10 Å². The molecule has 3 nitrogen and oxygen atoms in total. The monoisotopic (exact) mass is 148 g/mol. The van der Waals surface area contributed by atoms with Gasteiger partial charge in [0.15, 0.2) is 6.29 Å². The summed E-state index contributed by atoms with van der Waals surface area (Å²) in [7, 11) is 1.54. The Hall–Kier alpha value is -0.120. The molecule has 0 aliphatic rings. The second-order valence-electron chi connectivity index (χ2n) is 2.52. The van der Waals surface area contributed by atoms with Gasteiger partial charge < -0.3 is 14.6 Å². The molecule has 0 aliphatic carbocycles. The highest BCUT2D eigenvalue weighted by atomic mass is 16.6. The lowest BCUT2D eigenvalue weighted by Crippen LogP contribution is -2.30. The Balaban J connectivity index is 3.50. The molecule has 0 heterocycles. The maximum absolute atomic E-state index is 9.14.